The van der Waals surface area contributed by atoms with Gasteiger partial charge < -0.3 is 10.8 Å². The van der Waals surface area contributed by atoms with Crippen molar-refractivity contribution in [2.45, 2.75) is 19.4 Å². The van der Waals surface area contributed by atoms with E-state index in [1.54, 1.807) is 0 Å². The molecule has 0 saturated heterocycles. The van der Waals surface area contributed by atoms with E-state index in [1.807, 2.05) is 25.1 Å². The van der Waals surface area contributed by atoms with Crippen LogP contribution in [-0.4, -0.2) is 22.7 Å². The molecule has 13 heavy (non-hydrogen) atoms. The topological polar surface area (TPSA) is 59.1 Å². The number of nitrogens with two attached hydrogens (primary N) is 1. The fraction of sp³-hybridized carbons (Fsp3) is 0.444. The maximum atomic E-state index is 8.71. The average molecular weight is 203 g/mol. The van der Waals surface area contributed by atoms with Gasteiger partial charge in [-0.1, -0.05) is 6.07 Å². The molecule has 0 aliphatic carbocycles. The van der Waals surface area contributed by atoms with E-state index in [-0.39, 0.29) is 25.1 Å². The predicted molar refractivity (Wildman–Crippen MR) is 55.0 cm³/mol. The van der Waals surface area contributed by atoms with Crippen LogP contribution in [0.1, 0.15) is 11.4 Å². The molecule has 0 saturated carbocycles. The Hall–Kier alpha value is -0.640. The van der Waals surface area contributed by atoms with Gasteiger partial charge in [-0.2, -0.15) is 0 Å². The van der Waals surface area contributed by atoms with E-state index in [0.717, 1.165) is 11.4 Å². The number of halogens is 1. The fourth-order valence-corrected chi connectivity index (χ4v) is 1.05. The molecule has 1 rings (SSSR count). The zero-order valence-corrected chi connectivity index (χ0v) is 8.42. The van der Waals surface area contributed by atoms with Crippen molar-refractivity contribution in [2.75, 3.05) is 6.61 Å². The normalized spacial score (nSPS) is 11.9. The van der Waals surface area contributed by atoms with Crippen LogP contribution in [0, 0.1) is 6.92 Å². The van der Waals surface area contributed by atoms with Gasteiger partial charge in [0.1, 0.15) is 0 Å². The summed E-state index contributed by atoms with van der Waals surface area (Å²) in [7, 11) is 0. The zero-order chi connectivity index (χ0) is 8.97. The number of hydrogen-bond acceptors (Lipinski definition) is 3. The molecule has 0 fully saturated rings. The van der Waals surface area contributed by atoms with Crippen LogP contribution in [0.3, 0.4) is 0 Å². The molecule has 0 radical (unpaired) electrons. The number of hydrogen-bond donors (Lipinski definition) is 2. The Kier molecular flexibility index (Phi) is 5.62. The van der Waals surface area contributed by atoms with Crippen molar-refractivity contribution in [3.05, 3.63) is 29.6 Å². The second-order valence-electron chi connectivity index (χ2n) is 2.92. The molecule has 0 aromatic carbocycles. The summed E-state index contributed by atoms with van der Waals surface area (Å²) in [4.78, 5) is 4.27. The first-order valence-corrected chi connectivity index (χ1v) is 4.01. The smallest absolute Gasteiger partial charge is 0.0586 e. The number of aliphatic hydroxyl groups is 1. The lowest BCUT2D eigenvalue weighted by atomic mass is 10.1. The summed E-state index contributed by atoms with van der Waals surface area (Å²) in [6.45, 7) is 1.95. The van der Waals surface area contributed by atoms with Crippen LogP contribution >= 0.6 is 12.4 Å². The Morgan fingerprint density at radius 1 is 1.54 bits per heavy atom. The molecule has 1 unspecified atom stereocenters. The number of aryl methyl sites for hydroxylation is 1. The van der Waals surface area contributed by atoms with Gasteiger partial charge in [-0.05, 0) is 19.1 Å². The predicted octanol–water partition coefficient (Wildman–Crippen LogP) is 0.674. The molecule has 3 nitrogen and oxygen atoms in total. The van der Waals surface area contributed by atoms with E-state index in [9.17, 15) is 0 Å². The summed E-state index contributed by atoms with van der Waals surface area (Å²) in [6, 6.07) is 5.61. The lowest BCUT2D eigenvalue weighted by Gasteiger charge is -2.06. The molecule has 1 aromatic heterocycles. The molecule has 0 amide bonds. The third-order valence-corrected chi connectivity index (χ3v) is 1.65. The van der Waals surface area contributed by atoms with Gasteiger partial charge in [-0.15, -0.1) is 12.4 Å². The van der Waals surface area contributed by atoms with Gasteiger partial charge in [0.25, 0.3) is 0 Å². The Bertz CT molecular complexity index is 255. The maximum absolute atomic E-state index is 8.71. The second-order valence-corrected chi connectivity index (χ2v) is 2.92. The van der Waals surface area contributed by atoms with Crippen LogP contribution in [-0.2, 0) is 6.42 Å². The summed E-state index contributed by atoms with van der Waals surface area (Å²) in [5, 5.41) is 8.71. The highest BCUT2D eigenvalue weighted by Gasteiger charge is 2.02. The quantitative estimate of drug-likeness (QED) is 0.758. The molecular formula is C9H15ClN2O. The van der Waals surface area contributed by atoms with Gasteiger partial charge in [0.05, 0.1) is 6.61 Å². The van der Waals surface area contributed by atoms with Crippen LogP contribution in [0.25, 0.3) is 0 Å². The largest absolute Gasteiger partial charge is 0.395 e. The summed E-state index contributed by atoms with van der Waals surface area (Å²) in [6.07, 6.45) is 0.637. The molecular weight excluding hydrogens is 188 g/mol. The number of aromatic nitrogens is 1. The van der Waals surface area contributed by atoms with E-state index in [4.69, 9.17) is 10.8 Å². The van der Waals surface area contributed by atoms with Crippen molar-refractivity contribution in [3.63, 3.8) is 0 Å². The van der Waals surface area contributed by atoms with Crippen molar-refractivity contribution in [2.24, 2.45) is 5.73 Å². The third kappa shape index (κ3) is 4.22. The molecule has 1 aromatic rings. The Morgan fingerprint density at radius 3 is 2.77 bits per heavy atom. The molecule has 3 N–H and O–H groups in total. The minimum absolute atomic E-state index is 0. The summed E-state index contributed by atoms with van der Waals surface area (Å²) >= 11 is 0. The molecule has 74 valence electrons. The van der Waals surface area contributed by atoms with Crippen LogP contribution in [0.4, 0.5) is 0 Å². The van der Waals surface area contributed by atoms with Crippen LogP contribution in [0.5, 0.6) is 0 Å². The molecule has 4 heteroatoms. The van der Waals surface area contributed by atoms with E-state index < -0.39 is 0 Å². The Labute approximate surface area is 84.4 Å². The lowest BCUT2D eigenvalue weighted by molar-refractivity contribution is 0.264. The summed E-state index contributed by atoms with van der Waals surface area (Å²) < 4.78 is 0. The molecule has 0 aliphatic heterocycles. The highest BCUT2D eigenvalue weighted by atomic mass is 35.5. The summed E-state index contributed by atoms with van der Waals surface area (Å²) in [5.41, 5.74) is 7.49. The van der Waals surface area contributed by atoms with Gasteiger partial charge >= 0.3 is 0 Å². The summed E-state index contributed by atoms with van der Waals surface area (Å²) in [5.74, 6) is 0. The average Bonchev–Trinajstić information content (AvgIpc) is 2.04. The van der Waals surface area contributed by atoms with Crippen molar-refractivity contribution in [1.29, 1.82) is 0 Å². The first kappa shape index (κ1) is 12.4. The molecule has 0 bridgehead atoms. The van der Waals surface area contributed by atoms with Crippen molar-refractivity contribution in [3.8, 4) is 0 Å². The SMILES string of the molecule is Cc1cccc(CC(N)CO)n1.Cl. The number of nitrogens with zero attached hydrogens (tertiary/aromatic N) is 1. The number of aliphatic hydroxyl groups excluding tert-OH is 1. The molecule has 0 spiro atoms. The minimum Gasteiger partial charge on any atom is -0.395 e. The van der Waals surface area contributed by atoms with Gasteiger partial charge in [0.2, 0.25) is 0 Å². The second kappa shape index (κ2) is 5.91. The van der Waals surface area contributed by atoms with Crippen molar-refractivity contribution >= 4 is 12.4 Å². The van der Waals surface area contributed by atoms with Crippen LogP contribution < -0.4 is 5.73 Å². The molecule has 1 heterocycles. The number of pyridine rings is 1. The van der Waals surface area contributed by atoms with E-state index in [0.29, 0.717) is 6.42 Å². The van der Waals surface area contributed by atoms with E-state index in [2.05, 4.69) is 4.98 Å². The highest BCUT2D eigenvalue weighted by molar-refractivity contribution is 5.85. The maximum Gasteiger partial charge on any atom is 0.0586 e. The molecule has 0 aliphatic rings. The number of rotatable bonds is 3. The van der Waals surface area contributed by atoms with Crippen LogP contribution in [0.2, 0.25) is 0 Å². The van der Waals surface area contributed by atoms with Crippen molar-refractivity contribution < 1.29 is 5.11 Å². The van der Waals surface area contributed by atoms with Crippen molar-refractivity contribution in [1.82, 2.24) is 4.98 Å². The minimum atomic E-state index is -0.195. The third-order valence-electron chi connectivity index (χ3n) is 1.65. The zero-order valence-electron chi connectivity index (χ0n) is 7.60. The standard InChI is InChI=1S/C9H14N2O.ClH/c1-7-3-2-4-9(11-7)5-8(10)6-12;/h2-4,8,12H,5-6,10H2,1H3;1H. The first-order valence-electron chi connectivity index (χ1n) is 4.01. The van der Waals surface area contributed by atoms with Crippen LogP contribution in [0.15, 0.2) is 18.2 Å². The highest BCUT2D eigenvalue weighted by Crippen LogP contribution is 2.00. The Morgan fingerprint density at radius 2 is 2.23 bits per heavy atom. The Balaban J connectivity index is 0.00000144. The lowest BCUT2D eigenvalue weighted by Crippen LogP contribution is -2.27. The monoisotopic (exact) mass is 202 g/mol. The fourth-order valence-electron chi connectivity index (χ4n) is 1.05. The molecule has 1 atom stereocenters. The van der Waals surface area contributed by atoms with E-state index in [1.165, 1.54) is 0 Å². The van der Waals surface area contributed by atoms with Gasteiger partial charge in [0, 0.05) is 23.9 Å². The van der Waals surface area contributed by atoms with Gasteiger partial charge in [-0.3, -0.25) is 4.98 Å². The van der Waals surface area contributed by atoms with Gasteiger partial charge in [0.15, 0.2) is 0 Å². The first-order chi connectivity index (χ1) is 5.72. The van der Waals surface area contributed by atoms with E-state index >= 15 is 0 Å². The van der Waals surface area contributed by atoms with Gasteiger partial charge in [-0.25, -0.2) is 0 Å².